The molecule has 5 nitrogen and oxygen atoms in total. The first kappa shape index (κ1) is 15.0. The lowest BCUT2D eigenvalue weighted by Gasteiger charge is -2.22. The number of halogens is 1. The molecule has 0 unspecified atom stereocenters. The number of fused-ring (bicyclic) bond motifs is 1. The zero-order chi connectivity index (χ0) is 16.9. The van der Waals surface area contributed by atoms with Crippen LogP contribution in [0.4, 0.5) is 0 Å². The lowest BCUT2D eigenvalue weighted by atomic mass is 10.1. The van der Waals surface area contributed by atoms with Crippen molar-refractivity contribution in [3.8, 4) is 22.9 Å². The number of imidazole rings is 1. The fraction of sp³-hybridized carbons (Fsp3) is 0.222. The molecule has 4 aromatic rings. The van der Waals surface area contributed by atoms with Crippen LogP contribution >= 0.6 is 11.6 Å². The van der Waals surface area contributed by atoms with Gasteiger partial charge in [-0.1, -0.05) is 11.6 Å². The number of hydrogen-bond donors (Lipinski definition) is 2. The number of nitrogens with zero attached hydrogens (tertiary/aromatic N) is 3. The van der Waals surface area contributed by atoms with Crippen LogP contribution in [0, 0.1) is 0 Å². The molecule has 0 radical (unpaired) electrons. The largest absolute Gasteiger partial charge is 0.360 e. The standard InChI is InChI=1S/C18H18ClN5/c1-18(2,3)24-16(13-5-4-8-20-13)10-15(23-24)17-21-12-7-6-11(19)9-14(12)22-17/h4-10,20H,1-3H3,(H,21,22). The summed E-state index contributed by atoms with van der Waals surface area (Å²) < 4.78 is 2.02. The fourth-order valence-corrected chi connectivity index (χ4v) is 2.96. The Morgan fingerprint density at radius 1 is 1.12 bits per heavy atom. The number of H-pyrrole nitrogens is 2. The normalized spacial score (nSPS) is 12.2. The maximum Gasteiger partial charge on any atom is 0.159 e. The Morgan fingerprint density at radius 3 is 2.67 bits per heavy atom. The zero-order valence-corrected chi connectivity index (χ0v) is 14.5. The summed E-state index contributed by atoms with van der Waals surface area (Å²) in [7, 11) is 0. The third kappa shape index (κ3) is 2.51. The quantitative estimate of drug-likeness (QED) is 0.549. The van der Waals surface area contributed by atoms with Gasteiger partial charge >= 0.3 is 0 Å². The monoisotopic (exact) mass is 339 g/mol. The molecule has 2 N–H and O–H groups in total. The SMILES string of the molecule is CC(C)(C)n1nc(-c2nc3cc(Cl)ccc3[nH]2)cc1-c1ccc[nH]1. The molecule has 3 aromatic heterocycles. The van der Waals surface area contributed by atoms with Gasteiger partial charge in [0, 0.05) is 11.2 Å². The minimum Gasteiger partial charge on any atom is -0.360 e. The second kappa shape index (κ2) is 5.24. The van der Waals surface area contributed by atoms with E-state index < -0.39 is 0 Å². The first-order chi connectivity index (χ1) is 11.4. The van der Waals surface area contributed by atoms with Crippen molar-refractivity contribution in [1.82, 2.24) is 24.7 Å². The Kier molecular flexibility index (Phi) is 3.28. The van der Waals surface area contributed by atoms with Gasteiger partial charge in [0.05, 0.1) is 28.0 Å². The van der Waals surface area contributed by atoms with E-state index in [0.29, 0.717) is 5.02 Å². The average Bonchev–Trinajstić information content (AvgIpc) is 3.23. The smallest absolute Gasteiger partial charge is 0.159 e. The van der Waals surface area contributed by atoms with Crippen LogP contribution in [-0.4, -0.2) is 24.7 Å². The van der Waals surface area contributed by atoms with Crippen molar-refractivity contribution >= 4 is 22.6 Å². The van der Waals surface area contributed by atoms with Gasteiger partial charge in [-0.3, -0.25) is 4.68 Å². The van der Waals surface area contributed by atoms with Gasteiger partial charge in [0.25, 0.3) is 0 Å². The van der Waals surface area contributed by atoms with Gasteiger partial charge in [-0.05, 0) is 57.2 Å². The first-order valence-corrected chi connectivity index (χ1v) is 8.19. The summed E-state index contributed by atoms with van der Waals surface area (Å²) in [5.74, 6) is 0.739. The second-order valence-corrected chi connectivity index (χ2v) is 7.26. The van der Waals surface area contributed by atoms with Crippen LogP contribution in [0.5, 0.6) is 0 Å². The topological polar surface area (TPSA) is 62.3 Å². The number of aromatic nitrogens is 5. The van der Waals surface area contributed by atoms with Crippen molar-refractivity contribution in [2.75, 3.05) is 0 Å². The van der Waals surface area contributed by atoms with Gasteiger partial charge in [0.15, 0.2) is 5.82 Å². The van der Waals surface area contributed by atoms with Crippen LogP contribution in [0.1, 0.15) is 20.8 Å². The maximum absolute atomic E-state index is 6.05. The zero-order valence-electron chi connectivity index (χ0n) is 13.8. The molecule has 122 valence electrons. The summed E-state index contributed by atoms with van der Waals surface area (Å²) in [6.45, 7) is 6.40. The highest BCUT2D eigenvalue weighted by atomic mass is 35.5. The summed E-state index contributed by atoms with van der Waals surface area (Å²) in [5.41, 5.74) is 4.50. The average molecular weight is 340 g/mol. The van der Waals surface area contributed by atoms with E-state index in [2.05, 4.69) is 41.8 Å². The molecule has 0 spiro atoms. The summed E-state index contributed by atoms with van der Waals surface area (Å²) in [5, 5.41) is 5.47. The van der Waals surface area contributed by atoms with E-state index in [0.717, 1.165) is 33.9 Å². The van der Waals surface area contributed by atoms with Gasteiger partial charge in [-0.25, -0.2) is 4.98 Å². The number of rotatable bonds is 2. The number of aromatic amines is 2. The van der Waals surface area contributed by atoms with Crippen LogP contribution in [0.3, 0.4) is 0 Å². The highest BCUT2D eigenvalue weighted by Gasteiger charge is 2.22. The highest BCUT2D eigenvalue weighted by Crippen LogP contribution is 2.30. The lowest BCUT2D eigenvalue weighted by molar-refractivity contribution is 0.360. The van der Waals surface area contributed by atoms with Crippen molar-refractivity contribution in [3.63, 3.8) is 0 Å². The highest BCUT2D eigenvalue weighted by molar-refractivity contribution is 6.31. The Bertz CT molecular complexity index is 1000. The third-order valence-corrected chi connectivity index (χ3v) is 4.14. The molecule has 0 atom stereocenters. The molecular weight excluding hydrogens is 322 g/mol. The molecule has 0 fully saturated rings. The molecule has 4 rings (SSSR count). The van der Waals surface area contributed by atoms with Crippen LogP contribution in [-0.2, 0) is 5.54 Å². The van der Waals surface area contributed by atoms with Gasteiger partial charge in [-0.15, -0.1) is 0 Å². The minimum atomic E-state index is -0.145. The Balaban J connectivity index is 1.88. The molecule has 0 saturated carbocycles. The van der Waals surface area contributed by atoms with Crippen LogP contribution in [0.2, 0.25) is 5.02 Å². The van der Waals surface area contributed by atoms with E-state index in [1.807, 2.05) is 41.2 Å². The summed E-state index contributed by atoms with van der Waals surface area (Å²) in [6, 6.07) is 11.7. The molecular formula is C18H18ClN5. The van der Waals surface area contributed by atoms with Crippen molar-refractivity contribution in [3.05, 3.63) is 47.6 Å². The predicted octanol–water partition coefficient (Wildman–Crippen LogP) is 4.83. The fourth-order valence-electron chi connectivity index (χ4n) is 2.79. The molecule has 3 heterocycles. The van der Waals surface area contributed by atoms with E-state index in [1.165, 1.54) is 0 Å². The number of benzene rings is 1. The van der Waals surface area contributed by atoms with Gasteiger partial charge < -0.3 is 9.97 Å². The molecule has 6 heteroatoms. The van der Waals surface area contributed by atoms with Crippen molar-refractivity contribution < 1.29 is 0 Å². The summed E-state index contributed by atoms with van der Waals surface area (Å²) in [6.07, 6.45) is 1.91. The molecule has 0 aliphatic heterocycles. The van der Waals surface area contributed by atoms with Gasteiger partial charge in [0.2, 0.25) is 0 Å². The first-order valence-electron chi connectivity index (χ1n) is 7.82. The molecule has 1 aromatic carbocycles. The summed E-state index contributed by atoms with van der Waals surface area (Å²) in [4.78, 5) is 11.2. The van der Waals surface area contributed by atoms with E-state index in [9.17, 15) is 0 Å². The predicted molar refractivity (Wildman–Crippen MR) is 97.1 cm³/mol. The Labute approximate surface area is 144 Å². The van der Waals surface area contributed by atoms with Crippen LogP contribution in [0.25, 0.3) is 33.9 Å². The van der Waals surface area contributed by atoms with Crippen molar-refractivity contribution in [2.45, 2.75) is 26.3 Å². The van der Waals surface area contributed by atoms with Crippen LogP contribution < -0.4 is 0 Å². The second-order valence-electron chi connectivity index (χ2n) is 6.83. The molecule has 0 bridgehead atoms. The lowest BCUT2D eigenvalue weighted by Crippen LogP contribution is -2.24. The molecule has 24 heavy (non-hydrogen) atoms. The van der Waals surface area contributed by atoms with E-state index in [-0.39, 0.29) is 5.54 Å². The van der Waals surface area contributed by atoms with Crippen molar-refractivity contribution in [2.24, 2.45) is 0 Å². The molecule has 0 aliphatic carbocycles. The van der Waals surface area contributed by atoms with Gasteiger partial charge in [-0.2, -0.15) is 5.10 Å². The number of hydrogen-bond acceptors (Lipinski definition) is 2. The van der Waals surface area contributed by atoms with Gasteiger partial charge in [0.1, 0.15) is 5.69 Å². The Hall–Kier alpha value is -2.53. The van der Waals surface area contributed by atoms with E-state index in [1.54, 1.807) is 0 Å². The van der Waals surface area contributed by atoms with E-state index in [4.69, 9.17) is 16.7 Å². The Morgan fingerprint density at radius 2 is 1.96 bits per heavy atom. The molecule has 0 amide bonds. The van der Waals surface area contributed by atoms with E-state index >= 15 is 0 Å². The number of nitrogens with one attached hydrogen (secondary N) is 2. The van der Waals surface area contributed by atoms with Crippen LogP contribution in [0.15, 0.2) is 42.6 Å². The molecule has 0 saturated heterocycles. The third-order valence-electron chi connectivity index (χ3n) is 3.91. The summed E-state index contributed by atoms with van der Waals surface area (Å²) >= 11 is 6.05. The molecule has 0 aliphatic rings. The maximum atomic E-state index is 6.05. The van der Waals surface area contributed by atoms with Crippen molar-refractivity contribution in [1.29, 1.82) is 0 Å². The minimum absolute atomic E-state index is 0.145.